The number of hydrogen-bond acceptors (Lipinski definition) is 4. The van der Waals surface area contributed by atoms with Crippen molar-refractivity contribution in [1.29, 1.82) is 0 Å². The molecule has 0 spiro atoms. The van der Waals surface area contributed by atoms with Crippen LogP contribution >= 0.6 is 11.6 Å². The van der Waals surface area contributed by atoms with Crippen LogP contribution in [0.5, 0.6) is 0 Å². The molecule has 9 heteroatoms. The summed E-state index contributed by atoms with van der Waals surface area (Å²) < 4.78 is 37.9. The third kappa shape index (κ3) is 3.10. The van der Waals surface area contributed by atoms with Crippen molar-refractivity contribution in [2.24, 2.45) is 0 Å². The molecule has 0 amide bonds. The predicted molar refractivity (Wildman–Crippen MR) is 68.9 cm³/mol. The zero-order valence-electron chi connectivity index (χ0n) is 10.5. The van der Waals surface area contributed by atoms with Crippen molar-refractivity contribution in [3.8, 4) is 11.3 Å². The molecule has 2 aromatic rings. The van der Waals surface area contributed by atoms with Crippen molar-refractivity contribution in [2.75, 3.05) is 0 Å². The third-order valence-electron chi connectivity index (χ3n) is 2.75. The van der Waals surface area contributed by atoms with Crippen LogP contribution in [0.3, 0.4) is 0 Å². The summed E-state index contributed by atoms with van der Waals surface area (Å²) in [4.78, 5) is 17.5. The fraction of sp³-hybridized carbons (Fsp3) is 0.167. The van der Waals surface area contributed by atoms with E-state index in [1.807, 2.05) is 0 Å². The van der Waals surface area contributed by atoms with Gasteiger partial charge in [-0.3, -0.25) is 10.1 Å². The topological polar surface area (TPSA) is 68.9 Å². The van der Waals surface area contributed by atoms with E-state index in [-0.39, 0.29) is 22.1 Å². The molecule has 0 saturated carbocycles. The first-order valence-electron chi connectivity index (χ1n) is 5.55. The van der Waals surface area contributed by atoms with Gasteiger partial charge in [0.2, 0.25) is 5.28 Å². The molecule has 0 aliphatic carbocycles. The van der Waals surface area contributed by atoms with Gasteiger partial charge in [-0.25, -0.2) is 9.97 Å². The molecule has 2 rings (SSSR count). The smallest absolute Gasteiger partial charge is 0.258 e. The Balaban J connectivity index is 2.63. The van der Waals surface area contributed by atoms with Crippen LogP contribution < -0.4 is 0 Å². The Morgan fingerprint density at radius 3 is 2.52 bits per heavy atom. The standard InChI is InChI=1S/C12H7ClF3N3O2/c1-6-4-7(12(14,15)16)2-3-8(6)10-9(19(20)21)5-17-11(13)18-10/h2-5H,1H3. The molecule has 0 aliphatic heterocycles. The number of hydrogen-bond donors (Lipinski definition) is 0. The van der Waals surface area contributed by atoms with Gasteiger partial charge in [0, 0.05) is 5.56 Å². The highest BCUT2D eigenvalue weighted by Gasteiger charge is 2.31. The van der Waals surface area contributed by atoms with Crippen LogP contribution in [0.25, 0.3) is 11.3 Å². The first kappa shape index (κ1) is 15.2. The molecule has 110 valence electrons. The molecule has 0 unspecified atom stereocenters. The van der Waals surface area contributed by atoms with Gasteiger partial charge in [0.15, 0.2) is 5.69 Å². The SMILES string of the molecule is Cc1cc(C(F)(F)F)ccc1-c1nc(Cl)ncc1[N+](=O)[O-]. The van der Waals surface area contributed by atoms with Crippen LogP contribution in [0, 0.1) is 17.0 Å². The quantitative estimate of drug-likeness (QED) is 0.476. The van der Waals surface area contributed by atoms with Crippen LogP contribution in [-0.4, -0.2) is 14.9 Å². The Morgan fingerprint density at radius 2 is 2.00 bits per heavy atom. The molecule has 1 aromatic heterocycles. The zero-order valence-corrected chi connectivity index (χ0v) is 11.2. The van der Waals surface area contributed by atoms with Gasteiger partial charge in [-0.05, 0) is 36.2 Å². The number of alkyl halides is 3. The number of benzene rings is 1. The minimum Gasteiger partial charge on any atom is -0.258 e. The molecule has 0 N–H and O–H groups in total. The largest absolute Gasteiger partial charge is 0.416 e. The van der Waals surface area contributed by atoms with Crippen molar-refractivity contribution >= 4 is 17.3 Å². The van der Waals surface area contributed by atoms with Crippen LogP contribution in [0.4, 0.5) is 18.9 Å². The second kappa shape index (κ2) is 5.28. The molecule has 0 aliphatic rings. The molecule has 21 heavy (non-hydrogen) atoms. The van der Waals surface area contributed by atoms with Crippen LogP contribution in [0.2, 0.25) is 5.28 Å². The lowest BCUT2D eigenvalue weighted by atomic mass is 10.0. The summed E-state index contributed by atoms with van der Waals surface area (Å²) in [6.45, 7) is 1.41. The number of nitrogens with zero attached hydrogens (tertiary/aromatic N) is 3. The molecule has 0 atom stereocenters. The van der Waals surface area contributed by atoms with E-state index in [1.54, 1.807) is 0 Å². The molecule has 1 heterocycles. The van der Waals surface area contributed by atoms with Crippen molar-refractivity contribution in [2.45, 2.75) is 13.1 Å². The summed E-state index contributed by atoms with van der Waals surface area (Å²) in [6, 6.07) is 2.86. The lowest BCUT2D eigenvalue weighted by molar-refractivity contribution is -0.384. The lowest BCUT2D eigenvalue weighted by Gasteiger charge is -2.11. The highest BCUT2D eigenvalue weighted by atomic mass is 35.5. The first-order valence-corrected chi connectivity index (χ1v) is 5.93. The summed E-state index contributed by atoms with van der Waals surface area (Å²) in [5, 5.41) is 10.7. The maximum Gasteiger partial charge on any atom is 0.416 e. The molecule has 0 fully saturated rings. The minimum absolute atomic E-state index is 0.119. The van der Waals surface area contributed by atoms with Crippen molar-refractivity contribution < 1.29 is 18.1 Å². The number of nitro groups is 1. The number of rotatable bonds is 2. The van der Waals surface area contributed by atoms with E-state index >= 15 is 0 Å². The van der Waals surface area contributed by atoms with Crippen molar-refractivity contribution in [3.63, 3.8) is 0 Å². The lowest BCUT2D eigenvalue weighted by Crippen LogP contribution is -2.06. The molecule has 0 bridgehead atoms. The Morgan fingerprint density at radius 1 is 1.33 bits per heavy atom. The number of halogens is 4. The van der Waals surface area contributed by atoms with Gasteiger partial charge in [0.1, 0.15) is 6.20 Å². The first-order chi connectivity index (χ1) is 9.70. The molecule has 1 aromatic carbocycles. The Kier molecular flexibility index (Phi) is 3.82. The maximum absolute atomic E-state index is 12.6. The average Bonchev–Trinajstić information content (AvgIpc) is 2.37. The summed E-state index contributed by atoms with van der Waals surface area (Å²) in [7, 11) is 0. The van der Waals surface area contributed by atoms with E-state index in [1.165, 1.54) is 6.92 Å². The van der Waals surface area contributed by atoms with Crippen LogP contribution in [0.1, 0.15) is 11.1 Å². The van der Waals surface area contributed by atoms with E-state index in [0.29, 0.717) is 0 Å². The van der Waals surface area contributed by atoms with Crippen molar-refractivity contribution in [1.82, 2.24) is 9.97 Å². The average molecular weight is 318 g/mol. The monoisotopic (exact) mass is 317 g/mol. The molecular weight excluding hydrogens is 311 g/mol. The fourth-order valence-electron chi connectivity index (χ4n) is 1.79. The summed E-state index contributed by atoms with van der Waals surface area (Å²) in [6.07, 6.45) is -3.57. The van der Waals surface area contributed by atoms with E-state index in [9.17, 15) is 23.3 Å². The highest BCUT2D eigenvalue weighted by Crippen LogP contribution is 2.35. The number of aryl methyl sites for hydroxylation is 1. The highest BCUT2D eigenvalue weighted by molar-refractivity contribution is 6.28. The summed E-state index contributed by atoms with van der Waals surface area (Å²) in [5.41, 5.74) is -0.998. The fourth-order valence-corrected chi connectivity index (χ4v) is 1.92. The van der Waals surface area contributed by atoms with E-state index in [2.05, 4.69) is 9.97 Å². The second-order valence-corrected chi connectivity index (χ2v) is 4.50. The van der Waals surface area contributed by atoms with Crippen molar-refractivity contribution in [3.05, 3.63) is 50.9 Å². The summed E-state index contributed by atoms with van der Waals surface area (Å²) >= 11 is 5.60. The van der Waals surface area contributed by atoms with Gasteiger partial charge in [0.25, 0.3) is 0 Å². The van der Waals surface area contributed by atoms with Gasteiger partial charge in [-0.15, -0.1) is 0 Å². The second-order valence-electron chi connectivity index (χ2n) is 4.16. The predicted octanol–water partition coefficient (Wildman–Crippen LogP) is 4.03. The van der Waals surface area contributed by atoms with E-state index in [0.717, 1.165) is 24.4 Å². The molecular formula is C12H7ClF3N3O2. The summed E-state index contributed by atoms with van der Waals surface area (Å²) in [5.74, 6) is 0. The van der Waals surface area contributed by atoms with Gasteiger partial charge in [-0.1, -0.05) is 6.07 Å². The van der Waals surface area contributed by atoms with Gasteiger partial charge in [-0.2, -0.15) is 13.2 Å². The Labute approximate surface area is 121 Å². The molecule has 5 nitrogen and oxygen atoms in total. The Bertz CT molecular complexity index is 719. The molecule has 0 radical (unpaired) electrons. The van der Waals surface area contributed by atoms with Gasteiger partial charge < -0.3 is 0 Å². The van der Waals surface area contributed by atoms with Crippen LogP contribution in [-0.2, 0) is 6.18 Å². The maximum atomic E-state index is 12.6. The zero-order chi connectivity index (χ0) is 15.8. The minimum atomic E-state index is -4.49. The van der Waals surface area contributed by atoms with Gasteiger partial charge >= 0.3 is 11.9 Å². The number of aromatic nitrogens is 2. The Hall–Kier alpha value is -2.22. The van der Waals surface area contributed by atoms with Crippen LogP contribution in [0.15, 0.2) is 24.4 Å². The van der Waals surface area contributed by atoms with Gasteiger partial charge in [0.05, 0.1) is 10.5 Å². The third-order valence-corrected chi connectivity index (χ3v) is 2.93. The van der Waals surface area contributed by atoms with E-state index in [4.69, 9.17) is 11.6 Å². The normalized spacial score (nSPS) is 11.5. The van der Waals surface area contributed by atoms with E-state index < -0.39 is 22.4 Å². The molecule has 0 saturated heterocycles.